The number of carbonyl (C=O) groups is 2. The molecule has 0 aliphatic carbocycles. The van der Waals surface area contributed by atoms with Gasteiger partial charge in [-0.3, -0.25) is 9.59 Å². The molecule has 0 fully saturated rings. The number of nitrogens with one attached hydrogen (secondary N) is 2. The van der Waals surface area contributed by atoms with Crippen LogP contribution in [-0.4, -0.2) is 23.5 Å². The minimum absolute atomic E-state index is 0.114. The first-order valence-corrected chi connectivity index (χ1v) is 9.64. The van der Waals surface area contributed by atoms with Crippen molar-refractivity contribution in [2.45, 2.75) is 34.3 Å². The summed E-state index contributed by atoms with van der Waals surface area (Å²) >= 11 is 0. The van der Waals surface area contributed by atoms with E-state index in [1.165, 1.54) is 0 Å². The van der Waals surface area contributed by atoms with Crippen LogP contribution in [0.4, 0.5) is 5.69 Å². The Labute approximate surface area is 175 Å². The van der Waals surface area contributed by atoms with Crippen LogP contribution in [0, 0.1) is 27.7 Å². The summed E-state index contributed by atoms with van der Waals surface area (Å²) in [5, 5.41) is 9.38. The molecular formula is C23H25N3O4. The van der Waals surface area contributed by atoms with Gasteiger partial charge in [0.1, 0.15) is 18.1 Å². The van der Waals surface area contributed by atoms with Crippen molar-refractivity contribution in [3.63, 3.8) is 0 Å². The van der Waals surface area contributed by atoms with Crippen molar-refractivity contribution in [3.05, 3.63) is 76.2 Å². The minimum atomic E-state index is -0.330. The lowest BCUT2D eigenvalue weighted by Gasteiger charge is -2.12. The van der Waals surface area contributed by atoms with Crippen molar-refractivity contribution in [1.82, 2.24) is 10.5 Å². The van der Waals surface area contributed by atoms with Gasteiger partial charge in [0, 0.05) is 11.3 Å². The number of hydrogen-bond acceptors (Lipinski definition) is 5. The SMILES string of the molecule is Cc1cccc(C)c1NC(=O)CNC(=O)c1ccc(OCc2c(C)noc2C)cc1. The highest BCUT2D eigenvalue weighted by atomic mass is 16.5. The van der Waals surface area contributed by atoms with Crippen molar-refractivity contribution in [2.75, 3.05) is 11.9 Å². The first-order chi connectivity index (χ1) is 14.3. The average molecular weight is 407 g/mol. The molecule has 1 aromatic heterocycles. The Morgan fingerprint density at radius 3 is 2.27 bits per heavy atom. The summed E-state index contributed by atoms with van der Waals surface area (Å²) < 4.78 is 10.9. The topological polar surface area (TPSA) is 93.5 Å². The van der Waals surface area contributed by atoms with Crippen LogP contribution < -0.4 is 15.4 Å². The van der Waals surface area contributed by atoms with Crippen molar-refractivity contribution in [2.24, 2.45) is 0 Å². The van der Waals surface area contributed by atoms with Gasteiger partial charge in [-0.05, 0) is 63.1 Å². The predicted molar refractivity (Wildman–Crippen MR) is 114 cm³/mol. The number of aryl methyl sites for hydroxylation is 4. The van der Waals surface area contributed by atoms with Crippen LogP contribution in [-0.2, 0) is 11.4 Å². The van der Waals surface area contributed by atoms with Crippen molar-refractivity contribution in [3.8, 4) is 5.75 Å². The van der Waals surface area contributed by atoms with Crippen LogP contribution in [0.3, 0.4) is 0 Å². The Morgan fingerprint density at radius 1 is 1.00 bits per heavy atom. The number of anilines is 1. The lowest BCUT2D eigenvalue weighted by molar-refractivity contribution is -0.115. The van der Waals surface area contributed by atoms with Gasteiger partial charge in [0.25, 0.3) is 5.91 Å². The van der Waals surface area contributed by atoms with Gasteiger partial charge in [0.15, 0.2) is 0 Å². The first-order valence-electron chi connectivity index (χ1n) is 9.64. The number of benzene rings is 2. The fourth-order valence-electron chi connectivity index (χ4n) is 3.02. The van der Waals surface area contributed by atoms with Crippen LogP contribution in [0.15, 0.2) is 47.0 Å². The number of ether oxygens (including phenoxy) is 1. The first kappa shape index (κ1) is 21.1. The van der Waals surface area contributed by atoms with E-state index in [-0.39, 0.29) is 18.4 Å². The third-order valence-electron chi connectivity index (χ3n) is 4.84. The highest BCUT2D eigenvalue weighted by molar-refractivity contribution is 5.99. The zero-order chi connectivity index (χ0) is 21.7. The molecule has 0 aliphatic rings. The molecule has 0 bridgehead atoms. The molecular weight excluding hydrogens is 382 g/mol. The maximum Gasteiger partial charge on any atom is 0.251 e. The smallest absolute Gasteiger partial charge is 0.251 e. The molecule has 0 unspecified atom stereocenters. The molecule has 0 saturated carbocycles. The summed E-state index contributed by atoms with van der Waals surface area (Å²) in [6.07, 6.45) is 0. The summed E-state index contributed by atoms with van der Waals surface area (Å²) in [5.41, 5.74) is 4.87. The standard InChI is InChI=1S/C23H25N3O4/c1-14-6-5-7-15(2)22(14)25-21(27)12-24-23(28)18-8-10-19(11-9-18)29-13-20-16(3)26-30-17(20)4/h5-11H,12-13H2,1-4H3,(H,24,28)(H,25,27). The molecule has 7 nitrogen and oxygen atoms in total. The van der Waals surface area contributed by atoms with Crippen molar-refractivity contribution in [1.29, 1.82) is 0 Å². The Bertz CT molecular complexity index is 1020. The third kappa shape index (κ3) is 5.05. The quantitative estimate of drug-likeness (QED) is 0.620. The molecule has 0 atom stereocenters. The van der Waals surface area contributed by atoms with Crippen LogP contribution in [0.2, 0.25) is 0 Å². The highest BCUT2D eigenvalue weighted by Gasteiger charge is 2.12. The molecule has 2 amide bonds. The molecule has 0 saturated heterocycles. The van der Waals surface area contributed by atoms with Gasteiger partial charge < -0.3 is 19.9 Å². The maximum absolute atomic E-state index is 12.3. The Morgan fingerprint density at radius 2 is 1.67 bits per heavy atom. The molecule has 2 N–H and O–H groups in total. The van der Waals surface area contributed by atoms with E-state index in [0.717, 1.165) is 33.8 Å². The van der Waals surface area contributed by atoms with Gasteiger partial charge in [0.2, 0.25) is 5.91 Å². The number of nitrogens with zero attached hydrogens (tertiary/aromatic N) is 1. The molecule has 1 heterocycles. The van der Waals surface area contributed by atoms with Gasteiger partial charge in [-0.1, -0.05) is 23.4 Å². The van der Waals surface area contributed by atoms with Gasteiger partial charge in [-0.2, -0.15) is 0 Å². The third-order valence-corrected chi connectivity index (χ3v) is 4.84. The van der Waals surface area contributed by atoms with Gasteiger partial charge >= 0.3 is 0 Å². The van der Waals surface area contributed by atoms with E-state index in [1.54, 1.807) is 24.3 Å². The molecule has 156 valence electrons. The lowest BCUT2D eigenvalue weighted by Crippen LogP contribution is -2.33. The van der Waals surface area contributed by atoms with Crippen LogP contribution in [0.25, 0.3) is 0 Å². The Balaban J connectivity index is 1.51. The van der Waals surface area contributed by atoms with Gasteiger partial charge in [-0.15, -0.1) is 0 Å². The molecule has 3 aromatic rings. The summed E-state index contributed by atoms with van der Waals surface area (Å²) in [6, 6.07) is 12.5. The highest BCUT2D eigenvalue weighted by Crippen LogP contribution is 2.19. The molecule has 0 radical (unpaired) electrons. The van der Waals surface area contributed by atoms with Gasteiger partial charge in [0.05, 0.1) is 17.8 Å². The number of para-hydroxylation sites is 1. The van der Waals surface area contributed by atoms with E-state index in [0.29, 0.717) is 17.9 Å². The van der Waals surface area contributed by atoms with E-state index in [2.05, 4.69) is 15.8 Å². The number of aromatic nitrogens is 1. The number of amides is 2. The fraction of sp³-hybridized carbons (Fsp3) is 0.261. The summed E-state index contributed by atoms with van der Waals surface area (Å²) in [7, 11) is 0. The predicted octanol–water partition coefficient (Wildman–Crippen LogP) is 3.86. The largest absolute Gasteiger partial charge is 0.489 e. The second kappa shape index (κ2) is 9.26. The van der Waals surface area contributed by atoms with Crippen LogP contribution in [0.5, 0.6) is 5.75 Å². The number of hydrogen-bond donors (Lipinski definition) is 2. The Hall–Kier alpha value is -3.61. The normalized spacial score (nSPS) is 10.5. The zero-order valence-corrected chi connectivity index (χ0v) is 17.5. The lowest BCUT2D eigenvalue weighted by atomic mass is 10.1. The second-order valence-corrected chi connectivity index (χ2v) is 7.11. The van der Waals surface area contributed by atoms with Crippen molar-refractivity contribution >= 4 is 17.5 Å². The number of rotatable bonds is 7. The van der Waals surface area contributed by atoms with Crippen molar-refractivity contribution < 1.29 is 18.8 Å². The molecule has 30 heavy (non-hydrogen) atoms. The zero-order valence-electron chi connectivity index (χ0n) is 17.5. The van der Waals surface area contributed by atoms with Crippen LogP contribution >= 0.6 is 0 Å². The molecule has 0 aliphatic heterocycles. The second-order valence-electron chi connectivity index (χ2n) is 7.11. The molecule has 0 spiro atoms. The summed E-state index contributed by atoms with van der Waals surface area (Å²) in [6.45, 7) is 7.77. The fourth-order valence-corrected chi connectivity index (χ4v) is 3.02. The van der Waals surface area contributed by atoms with Crippen LogP contribution in [0.1, 0.15) is 38.5 Å². The van der Waals surface area contributed by atoms with E-state index in [1.807, 2.05) is 45.9 Å². The Kier molecular flexibility index (Phi) is 6.51. The summed E-state index contributed by atoms with van der Waals surface area (Å²) in [4.78, 5) is 24.5. The van der Waals surface area contributed by atoms with E-state index < -0.39 is 0 Å². The van der Waals surface area contributed by atoms with E-state index >= 15 is 0 Å². The van der Waals surface area contributed by atoms with Gasteiger partial charge in [-0.25, -0.2) is 0 Å². The number of carbonyl (C=O) groups excluding carboxylic acids is 2. The molecule has 7 heteroatoms. The van der Waals surface area contributed by atoms with E-state index in [4.69, 9.17) is 9.26 Å². The maximum atomic E-state index is 12.3. The average Bonchev–Trinajstić information content (AvgIpc) is 3.05. The minimum Gasteiger partial charge on any atom is -0.489 e. The summed E-state index contributed by atoms with van der Waals surface area (Å²) in [5.74, 6) is 0.742. The molecule has 3 rings (SSSR count). The molecule has 2 aromatic carbocycles. The van der Waals surface area contributed by atoms with E-state index in [9.17, 15) is 9.59 Å². The monoisotopic (exact) mass is 407 g/mol.